The van der Waals surface area contributed by atoms with Crippen LogP contribution in [0.1, 0.15) is 13.3 Å². The first-order chi connectivity index (χ1) is 9.01. The topological polar surface area (TPSA) is 59.5 Å². The van der Waals surface area contributed by atoms with E-state index in [2.05, 4.69) is 20.9 Å². The van der Waals surface area contributed by atoms with E-state index < -0.39 is 0 Å². The standard InChI is InChI=1S/C12H13BrN2O3S/c1-7(16)19-8-3-12(17)15(6-8)10-4-11(18-2)14-5-9(10)13/h4-5,8H,3,6H2,1-2H3. The number of hydrogen-bond acceptors (Lipinski definition) is 5. The summed E-state index contributed by atoms with van der Waals surface area (Å²) in [7, 11) is 1.53. The molecule has 19 heavy (non-hydrogen) atoms. The van der Waals surface area contributed by atoms with E-state index in [-0.39, 0.29) is 16.3 Å². The number of halogens is 1. The summed E-state index contributed by atoms with van der Waals surface area (Å²) in [6.07, 6.45) is 1.98. The summed E-state index contributed by atoms with van der Waals surface area (Å²) in [5.41, 5.74) is 0.725. The first-order valence-electron chi connectivity index (χ1n) is 5.68. The number of carbonyl (C=O) groups excluding carboxylic acids is 2. The van der Waals surface area contributed by atoms with E-state index in [1.165, 1.54) is 25.8 Å². The van der Waals surface area contributed by atoms with Crippen molar-refractivity contribution in [2.75, 3.05) is 18.6 Å². The van der Waals surface area contributed by atoms with Crippen LogP contribution in [0.5, 0.6) is 5.88 Å². The number of thioether (sulfide) groups is 1. The SMILES string of the molecule is COc1cc(N2CC(SC(C)=O)CC2=O)c(Br)cn1. The maximum Gasteiger partial charge on any atom is 0.228 e. The van der Waals surface area contributed by atoms with Crippen molar-refractivity contribution in [2.45, 2.75) is 18.6 Å². The number of rotatable bonds is 3. The van der Waals surface area contributed by atoms with Gasteiger partial charge in [-0.15, -0.1) is 0 Å². The summed E-state index contributed by atoms with van der Waals surface area (Å²) in [4.78, 5) is 28.9. The second-order valence-corrected chi connectivity index (χ2v) is 6.45. The number of amides is 1. The molecule has 0 bridgehead atoms. The molecule has 0 radical (unpaired) electrons. The van der Waals surface area contributed by atoms with Crippen LogP contribution < -0.4 is 9.64 Å². The molecule has 1 amide bonds. The van der Waals surface area contributed by atoms with Crippen LogP contribution >= 0.6 is 27.7 Å². The zero-order chi connectivity index (χ0) is 14.0. The van der Waals surface area contributed by atoms with Gasteiger partial charge in [0.05, 0.1) is 17.3 Å². The molecular formula is C12H13BrN2O3S. The number of pyridine rings is 1. The van der Waals surface area contributed by atoms with E-state index in [1.807, 2.05) is 0 Å². The van der Waals surface area contributed by atoms with Gasteiger partial charge in [-0.25, -0.2) is 4.98 Å². The molecule has 7 heteroatoms. The zero-order valence-corrected chi connectivity index (χ0v) is 13.0. The van der Waals surface area contributed by atoms with Crippen molar-refractivity contribution in [1.29, 1.82) is 0 Å². The van der Waals surface area contributed by atoms with E-state index in [1.54, 1.807) is 17.2 Å². The molecule has 0 saturated carbocycles. The molecule has 0 N–H and O–H groups in total. The molecule has 1 aromatic rings. The third kappa shape index (κ3) is 3.27. The molecule has 0 aliphatic carbocycles. The van der Waals surface area contributed by atoms with Gasteiger partial charge in [0.25, 0.3) is 0 Å². The smallest absolute Gasteiger partial charge is 0.228 e. The largest absolute Gasteiger partial charge is 0.481 e. The lowest BCUT2D eigenvalue weighted by Gasteiger charge is -2.18. The summed E-state index contributed by atoms with van der Waals surface area (Å²) in [5.74, 6) is 0.460. The Kier molecular flexibility index (Phi) is 4.46. The average molecular weight is 345 g/mol. The van der Waals surface area contributed by atoms with Gasteiger partial charge in [-0.1, -0.05) is 11.8 Å². The maximum absolute atomic E-state index is 12.0. The first kappa shape index (κ1) is 14.3. The highest BCUT2D eigenvalue weighted by atomic mass is 79.9. The molecule has 2 rings (SSSR count). The Morgan fingerprint density at radius 2 is 2.37 bits per heavy atom. The molecule has 0 spiro atoms. The molecule has 102 valence electrons. The van der Waals surface area contributed by atoms with Crippen molar-refractivity contribution in [3.05, 3.63) is 16.7 Å². The van der Waals surface area contributed by atoms with Gasteiger partial charge in [0.2, 0.25) is 11.8 Å². The van der Waals surface area contributed by atoms with Crippen molar-refractivity contribution < 1.29 is 14.3 Å². The zero-order valence-electron chi connectivity index (χ0n) is 10.6. The maximum atomic E-state index is 12.0. The van der Waals surface area contributed by atoms with Crippen LogP contribution in [0.2, 0.25) is 0 Å². The summed E-state index contributed by atoms with van der Waals surface area (Å²) in [5, 5.41) is 0.0436. The Morgan fingerprint density at radius 1 is 1.63 bits per heavy atom. The number of nitrogens with zero attached hydrogens (tertiary/aromatic N) is 2. The van der Waals surface area contributed by atoms with E-state index in [9.17, 15) is 9.59 Å². The van der Waals surface area contributed by atoms with Gasteiger partial charge in [-0.2, -0.15) is 0 Å². The summed E-state index contributed by atoms with van der Waals surface area (Å²) >= 11 is 4.60. The fraction of sp³-hybridized carbons (Fsp3) is 0.417. The number of anilines is 1. The molecule has 2 heterocycles. The first-order valence-corrected chi connectivity index (χ1v) is 7.35. The minimum atomic E-state index is 0.00713. The van der Waals surface area contributed by atoms with E-state index in [0.717, 1.165) is 10.2 Å². The van der Waals surface area contributed by atoms with Gasteiger partial charge in [-0.05, 0) is 15.9 Å². The lowest BCUT2D eigenvalue weighted by atomic mass is 10.3. The highest BCUT2D eigenvalue weighted by Gasteiger charge is 2.33. The lowest BCUT2D eigenvalue weighted by molar-refractivity contribution is -0.117. The number of carbonyl (C=O) groups is 2. The second kappa shape index (κ2) is 5.92. The van der Waals surface area contributed by atoms with Gasteiger partial charge < -0.3 is 9.64 Å². The van der Waals surface area contributed by atoms with Gasteiger partial charge in [0.1, 0.15) is 0 Å². The predicted octanol–water partition coefficient (Wildman–Crippen LogP) is 2.24. The normalized spacial score (nSPS) is 18.8. The van der Waals surface area contributed by atoms with Crippen molar-refractivity contribution in [3.63, 3.8) is 0 Å². The number of methoxy groups -OCH3 is 1. The van der Waals surface area contributed by atoms with Crippen LogP contribution in [0.3, 0.4) is 0 Å². The minimum Gasteiger partial charge on any atom is -0.481 e. The average Bonchev–Trinajstić information content (AvgIpc) is 2.70. The Labute approximate surface area is 123 Å². The third-order valence-electron chi connectivity index (χ3n) is 2.73. The van der Waals surface area contributed by atoms with E-state index in [4.69, 9.17) is 4.74 Å². The minimum absolute atomic E-state index is 0.00713. The number of ether oxygens (including phenoxy) is 1. The second-order valence-electron chi connectivity index (χ2n) is 4.12. The highest BCUT2D eigenvalue weighted by molar-refractivity contribution is 9.10. The fourth-order valence-electron chi connectivity index (χ4n) is 1.95. The van der Waals surface area contributed by atoms with Gasteiger partial charge >= 0.3 is 0 Å². The molecule has 5 nitrogen and oxygen atoms in total. The molecule has 1 aromatic heterocycles. The molecule has 1 fully saturated rings. The van der Waals surface area contributed by atoms with Crippen LogP contribution in [0.25, 0.3) is 0 Å². The summed E-state index contributed by atoms with van der Waals surface area (Å²) in [6, 6.07) is 1.71. The highest BCUT2D eigenvalue weighted by Crippen LogP contribution is 2.34. The monoisotopic (exact) mass is 344 g/mol. The molecule has 1 aliphatic rings. The van der Waals surface area contributed by atoms with Gasteiger partial charge in [-0.3, -0.25) is 9.59 Å². The molecule has 1 unspecified atom stereocenters. The Morgan fingerprint density at radius 3 is 3.00 bits per heavy atom. The predicted molar refractivity (Wildman–Crippen MR) is 77.5 cm³/mol. The molecule has 1 atom stereocenters. The number of aromatic nitrogens is 1. The van der Waals surface area contributed by atoms with Crippen LogP contribution in [0.15, 0.2) is 16.7 Å². The van der Waals surface area contributed by atoms with Gasteiger partial charge in [0.15, 0.2) is 5.12 Å². The van der Waals surface area contributed by atoms with E-state index in [0.29, 0.717) is 18.8 Å². The van der Waals surface area contributed by atoms with Crippen molar-refractivity contribution >= 4 is 44.4 Å². The quantitative estimate of drug-likeness (QED) is 0.841. The molecular weight excluding hydrogens is 332 g/mol. The Balaban J connectivity index is 2.22. The Bertz CT molecular complexity index is 524. The Hall–Kier alpha value is -1.08. The van der Waals surface area contributed by atoms with Crippen molar-refractivity contribution in [1.82, 2.24) is 4.98 Å². The fourth-order valence-corrected chi connectivity index (χ4v) is 3.30. The van der Waals surface area contributed by atoms with Crippen LogP contribution in [-0.4, -0.2) is 34.9 Å². The van der Waals surface area contributed by atoms with Crippen LogP contribution in [0, 0.1) is 0 Å². The van der Waals surface area contributed by atoms with Gasteiger partial charge in [0, 0.05) is 37.4 Å². The summed E-state index contributed by atoms with van der Waals surface area (Å²) in [6.45, 7) is 2.04. The lowest BCUT2D eigenvalue weighted by Crippen LogP contribution is -2.25. The van der Waals surface area contributed by atoms with Crippen molar-refractivity contribution in [3.8, 4) is 5.88 Å². The summed E-state index contributed by atoms with van der Waals surface area (Å²) < 4.78 is 5.80. The third-order valence-corrected chi connectivity index (χ3v) is 4.32. The van der Waals surface area contributed by atoms with Crippen LogP contribution in [-0.2, 0) is 9.59 Å². The van der Waals surface area contributed by atoms with E-state index >= 15 is 0 Å². The molecule has 0 aromatic carbocycles. The molecule has 1 aliphatic heterocycles. The van der Waals surface area contributed by atoms with Crippen LogP contribution in [0.4, 0.5) is 5.69 Å². The van der Waals surface area contributed by atoms with Crippen molar-refractivity contribution in [2.24, 2.45) is 0 Å². The number of hydrogen-bond donors (Lipinski definition) is 0. The molecule has 1 saturated heterocycles.